The normalized spacial score (nSPS) is 13.6. The minimum atomic E-state index is -0.0860. The van der Waals surface area contributed by atoms with Crippen molar-refractivity contribution in [3.8, 4) is 0 Å². The molecule has 1 unspecified atom stereocenters. The largest absolute Gasteiger partial charge is 0.393 e. The van der Waals surface area contributed by atoms with E-state index in [9.17, 15) is 0 Å². The third-order valence-corrected chi connectivity index (χ3v) is 3.81. The van der Waals surface area contributed by atoms with E-state index in [2.05, 4.69) is 27.7 Å². The standard InChI is InChI=1S/C14H29NOS/c1-5-6-7-8-9-12(2)16-11-10-14(3,4)13(15)17/h12H,5-11H2,1-4H3,(H2,15,17). The molecule has 0 saturated carbocycles. The number of nitrogens with two attached hydrogens (primary N) is 1. The highest BCUT2D eigenvalue weighted by Gasteiger charge is 2.21. The van der Waals surface area contributed by atoms with Crippen molar-refractivity contribution >= 4 is 17.2 Å². The van der Waals surface area contributed by atoms with E-state index < -0.39 is 0 Å². The van der Waals surface area contributed by atoms with Crippen LogP contribution in [0.25, 0.3) is 0 Å². The summed E-state index contributed by atoms with van der Waals surface area (Å²) in [6, 6.07) is 0. The summed E-state index contributed by atoms with van der Waals surface area (Å²) >= 11 is 5.03. The van der Waals surface area contributed by atoms with Gasteiger partial charge < -0.3 is 10.5 Å². The third-order valence-electron chi connectivity index (χ3n) is 3.26. The van der Waals surface area contributed by atoms with Crippen molar-refractivity contribution < 1.29 is 4.74 Å². The molecule has 2 N–H and O–H groups in total. The number of hydrogen-bond donors (Lipinski definition) is 1. The maximum Gasteiger partial charge on any atom is 0.0785 e. The molecule has 0 saturated heterocycles. The van der Waals surface area contributed by atoms with Gasteiger partial charge in [0.2, 0.25) is 0 Å². The quantitative estimate of drug-likeness (QED) is 0.474. The molecule has 0 rings (SSSR count). The lowest BCUT2D eigenvalue weighted by Crippen LogP contribution is -2.31. The summed E-state index contributed by atoms with van der Waals surface area (Å²) in [4.78, 5) is 0.580. The number of ether oxygens (including phenoxy) is 1. The van der Waals surface area contributed by atoms with Crippen molar-refractivity contribution in [2.24, 2.45) is 11.1 Å². The summed E-state index contributed by atoms with van der Waals surface area (Å²) in [5.41, 5.74) is 5.59. The van der Waals surface area contributed by atoms with Gasteiger partial charge in [0.25, 0.3) is 0 Å². The maximum atomic E-state index is 5.79. The van der Waals surface area contributed by atoms with Gasteiger partial charge in [0.15, 0.2) is 0 Å². The van der Waals surface area contributed by atoms with Crippen molar-refractivity contribution in [1.29, 1.82) is 0 Å². The molecule has 2 nitrogen and oxygen atoms in total. The molecular weight excluding hydrogens is 230 g/mol. The Balaban J connectivity index is 3.57. The molecule has 0 aliphatic heterocycles. The fraction of sp³-hybridized carbons (Fsp3) is 0.929. The molecule has 0 spiro atoms. The van der Waals surface area contributed by atoms with Crippen molar-refractivity contribution in [3.63, 3.8) is 0 Å². The van der Waals surface area contributed by atoms with E-state index in [4.69, 9.17) is 22.7 Å². The lowest BCUT2D eigenvalue weighted by atomic mass is 9.90. The second-order valence-electron chi connectivity index (χ2n) is 5.53. The first-order valence-electron chi connectivity index (χ1n) is 6.81. The topological polar surface area (TPSA) is 35.2 Å². The van der Waals surface area contributed by atoms with Gasteiger partial charge in [-0.2, -0.15) is 0 Å². The Morgan fingerprint density at radius 1 is 1.29 bits per heavy atom. The van der Waals surface area contributed by atoms with Gasteiger partial charge in [0.1, 0.15) is 0 Å². The zero-order chi connectivity index (χ0) is 13.3. The van der Waals surface area contributed by atoms with Gasteiger partial charge in [-0.05, 0) is 19.8 Å². The van der Waals surface area contributed by atoms with E-state index in [0.717, 1.165) is 19.4 Å². The van der Waals surface area contributed by atoms with Crippen LogP contribution in [-0.4, -0.2) is 17.7 Å². The Labute approximate surface area is 112 Å². The van der Waals surface area contributed by atoms with Gasteiger partial charge in [-0.25, -0.2) is 0 Å². The van der Waals surface area contributed by atoms with E-state index in [1.165, 1.54) is 25.7 Å². The molecule has 0 aliphatic rings. The van der Waals surface area contributed by atoms with Crippen LogP contribution in [0.15, 0.2) is 0 Å². The van der Waals surface area contributed by atoms with E-state index in [1.807, 2.05) is 0 Å². The molecular formula is C14H29NOS. The van der Waals surface area contributed by atoms with Gasteiger partial charge in [0.05, 0.1) is 11.1 Å². The van der Waals surface area contributed by atoms with Crippen molar-refractivity contribution in [3.05, 3.63) is 0 Å². The molecule has 0 aliphatic carbocycles. The molecule has 0 aromatic heterocycles. The first kappa shape index (κ1) is 16.9. The third kappa shape index (κ3) is 8.56. The molecule has 17 heavy (non-hydrogen) atoms. The second kappa shape index (κ2) is 8.87. The number of rotatable bonds is 10. The summed E-state index contributed by atoms with van der Waals surface area (Å²) < 4.78 is 5.79. The predicted molar refractivity (Wildman–Crippen MR) is 79.4 cm³/mol. The van der Waals surface area contributed by atoms with Gasteiger partial charge in [0, 0.05) is 12.0 Å². The minimum absolute atomic E-state index is 0.0860. The molecule has 102 valence electrons. The lowest BCUT2D eigenvalue weighted by molar-refractivity contribution is 0.0475. The first-order valence-corrected chi connectivity index (χ1v) is 7.22. The average molecular weight is 259 g/mol. The number of hydrogen-bond acceptors (Lipinski definition) is 2. The highest BCUT2D eigenvalue weighted by molar-refractivity contribution is 7.80. The van der Waals surface area contributed by atoms with Crippen LogP contribution in [0, 0.1) is 5.41 Å². The van der Waals surface area contributed by atoms with Crippen LogP contribution >= 0.6 is 12.2 Å². The van der Waals surface area contributed by atoms with Gasteiger partial charge in [-0.1, -0.05) is 58.7 Å². The fourth-order valence-electron chi connectivity index (χ4n) is 1.58. The number of thiocarbonyl (C=S) groups is 1. The summed E-state index contributed by atoms with van der Waals surface area (Å²) in [6.07, 6.45) is 7.64. The molecule has 0 aromatic carbocycles. The van der Waals surface area contributed by atoms with Gasteiger partial charge in [-0.3, -0.25) is 0 Å². The van der Waals surface area contributed by atoms with Crippen LogP contribution in [-0.2, 0) is 4.74 Å². The molecule has 0 radical (unpaired) electrons. The highest BCUT2D eigenvalue weighted by atomic mass is 32.1. The zero-order valence-corrected chi connectivity index (χ0v) is 12.7. The van der Waals surface area contributed by atoms with Gasteiger partial charge >= 0.3 is 0 Å². The monoisotopic (exact) mass is 259 g/mol. The lowest BCUT2D eigenvalue weighted by Gasteiger charge is -2.24. The number of unbranched alkanes of at least 4 members (excludes halogenated alkanes) is 3. The molecule has 0 amide bonds. The SMILES string of the molecule is CCCCCCC(C)OCCC(C)(C)C(N)=S. The van der Waals surface area contributed by atoms with Gasteiger partial charge in [-0.15, -0.1) is 0 Å². The Morgan fingerprint density at radius 2 is 1.94 bits per heavy atom. The van der Waals surface area contributed by atoms with E-state index in [0.29, 0.717) is 11.1 Å². The predicted octanol–water partition coefficient (Wildman–Crippen LogP) is 4.06. The Bertz CT molecular complexity index is 216. The Kier molecular flexibility index (Phi) is 8.79. The van der Waals surface area contributed by atoms with E-state index >= 15 is 0 Å². The Hall–Kier alpha value is -0.150. The average Bonchev–Trinajstić information content (AvgIpc) is 2.24. The van der Waals surface area contributed by atoms with Crippen molar-refractivity contribution in [2.45, 2.75) is 72.3 Å². The van der Waals surface area contributed by atoms with Crippen LogP contribution in [0.5, 0.6) is 0 Å². The van der Waals surface area contributed by atoms with Crippen LogP contribution in [0.1, 0.15) is 66.2 Å². The second-order valence-corrected chi connectivity index (χ2v) is 5.97. The molecule has 3 heteroatoms. The smallest absolute Gasteiger partial charge is 0.0785 e. The fourth-order valence-corrected chi connectivity index (χ4v) is 1.68. The summed E-state index contributed by atoms with van der Waals surface area (Å²) in [5.74, 6) is 0. The summed E-state index contributed by atoms with van der Waals surface area (Å²) in [7, 11) is 0. The minimum Gasteiger partial charge on any atom is -0.393 e. The van der Waals surface area contributed by atoms with Crippen LogP contribution in [0.4, 0.5) is 0 Å². The zero-order valence-electron chi connectivity index (χ0n) is 11.9. The van der Waals surface area contributed by atoms with Crippen LogP contribution < -0.4 is 5.73 Å². The van der Waals surface area contributed by atoms with Crippen molar-refractivity contribution in [1.82, 2.24) is 0 Å². The molecule has 0 heterocycles. The molecule has 0 bridgehead atoms. The summed E-state index contributed by atoms with van der Waals surface area (Å²) in [6.45, 7) is 9.28. The van der Waals surface area contributed by atoms with Crippen molar-refractivity contribution in [2.75, 3.05) is 6.61 Å². The molecule has 0 fully saturated rings. The van der Waals surface area contributed by atoms with Crippen LogP contribution in [0.3, 0.4) is 0 Å². The molecule has 0 aromatic rings. The van der Waals surface area contributed by atoms with Crippen LogP contribution in [0.2, 0.25) is 0 Å². The maximum absolute atomic E-state index is 5.79. The highest BCUT2D eigenvalue weighted by Crippen LogP contribution is 2.21. The molecule has 1 atom stereocenters. The Morgan fingerprint density at radius 3 is 2.47 bits per heavy atom. The first-order chi connectivity index (χ1) is 7.90. The summed E-state index contributed by atoms with van der Waals surface area (Å²) in [5, 5.41) is 0. The van der Waals surface area contributed by atoms with E-state index in [1.54, 1.807) is 0 Å². The van der Waals surface area contributed by atoms with E-state index in [-0.39, 0.29) is 5.41 Å².